The fraction of sp³-hybridized carbons (Fsp3) is 0.565. The largest absolute Gasteiger partial charge is 0.367 e. The summed E-state index contributed by atoms with van der Waals surface area (Å²) in [6.07, 6.45) is 3.85. The highest BCUT2D eigenvalue weighted by Crippen LogP contribution is 2.22. The van der Waals surface area contributed by atoms with E-state index in [1.807, 2.05) is 25.3 Å². The lowest BCUT2D eigenvalue weighted by atomic mass is 10.1. The predicted octanol–water partition coefficient (Wildman–Crippen LogP) is 3.90. The third-order valence-corrected chi connectivity index (χ3v) is 6.72. The molecule has 6 nitrogen and oxygen atoms in total. The first-order valence-electron chi connectivity index (χ1n) is 11.3. The number of anilines is 1. The number of hydrogen-bond donors (Lipinski definition) is 2. The van der Waals surface area contributed by atoms with Crippen molar-refractivity contribution in [1.29, 1.82) is 0 Å². The van der Waals surface area contributed by atoms with Crippen LogP contribution in [-0.2, 0) is 19.4 Å². The number of thiazole rings is 1. The molecule has 1 fully saturated rings. The lowest BCUT2D eigenvalue weighted by Crippen LogP contribution is -2.46. The van der Waals surface area contributed by atoms with E-state index in [9.17, 15) is 4.39 Å². The van der Waals surface area contributed by atoms with Gasteiger partial charge in [-0.25, -0.2) is 14.4 Å². The zero-order valence-electron chi connectivity index (χ0n) is 19.4. The average molecular weight is 575 g/mol. The number of rotatable bonds is 9. The molecule has 1 saturated heterocycles. The lowest BCUT2D eigenvalue weighted by molar-refractivity contribution is 0.270. The Hall–Kier alpha value is -1.46. The molecule has 2 N–H and O–H groups in total. The number of halogens is 2. The van der Waals surface area contributed by atoms with Crippen LogP contribution in [0.3, 0.4) is 0 Å². The summed E-state index contributed by atoms with van der Waals surface area (Å²) >= 11 is 1.76. The van der Waals surface area contributed by atoms with Crippen LogP contribution in [0, 0.1) is 5.82 Å². The third-order valence-electron chi connectivity index (χ3n) is 5.52. The minimum absolute atomic E-state index is 0. The molecule has 1 aliphatic rings. The number of piperazine rings is 1. The fourth-order valence-corrected chi connectivity index (χ4v) is 4.50. The van der Waals surface area contributed by atoms with Crippen molar-refractivity contribution >= 4 is 47.0 Å². The second kappa shape index (κ2) is 13.9. The standard InChI is InChI=1S/C23H35FN6S.HI/c1-4-19-17-27-22(31-19)9-10-26-23(25-5-2)28-16-18-7-8-21(20(24)15-18)30-13-11-29(6-3)12-14-30;/h7-8,15,17H,4-6,9-14,16H2,1-3H3,(H2,25,26,28);1H. The van der Waals surface area contributed by atoms with Crippen LogP contribution < -0.4 is 15.5 Å². The summed E-state index contributed by atoms with van der Waals surface area (Å²) in [4.78, 5) is 14.9. The highest BCUT2D eigenvalue weighted by Gasteiger charge is 2.18. The molecule has 2 heterocycles. The lowest BCUT2D eigenvalue weighted by Gasteiger charge is -2.35. The summed E-state index contributed by atoms with van der Waals surface area (Å²) in [5, 5.41) is 7.75. The number of nitrogens with zero attached hydrogens (tertiary/aromatic N) is 4. The number of aryl methyl sites for hydroxylation is 1. The highest BCUT2D eigenvalue weighted by atomic mass is 127. The Bertz CT molecular complexity index is 851. The second-order valence-corrected chi connectivity index (χ2v) is 8.85. The molecule has 9 heteroatoms. The quantitative estimate of drug-likeness (QED) is 0.271. The molecular formula is C23H36FIN6S. The molecule has 0 amide bonds. The van der Waals surface area contributed by atoms with Gasteiger partial charge in [-0.15, -0.1) is 35.3 Å². The van der Waals surface area contributed by atoms with Crippen molar-refractivity contribution in [3.8, 4) is 0 Å². The minimum atomic E-state index is -0.161. The van der Waals surface area contributed by atoms with E-state index in [-0.39, 0.29) is 29.8 Å². The van der Waals surface area contributed by atoms with Gasteiger partial charge in [-0.1, -0.05) is 19.9 Å². The van der Waals surface area contributed by atoms with Gasteiger partial charge < -0.3 is 20.4 Å². The molecular weight excluding hydrogens is 538 g/mol. The van der Waals surface area contributed by atoms with Crippen LogP contribution >= 0.6 is 35.3 Å². The normalized spacial score (nSPS) is 14.9. The van der Waals surface area contributed by atoms with Crippen LogP contribution in [0.1, 0.15) is 36.2 Å². The number of guanidine groups is 1. The predicted molar refractivity (Wildman–Crippen MR) is 144 cm³/mol. The number of aliphatic imine (C=N–C) groups is 1. The summed E-state index contributed by atoms with van der Waals surface area (Å²) < 4.78 is 14.8. The van der Waals surface area contributed by atoms with Crippen LogP contribution in [0.5, 0.6) is 0 Å². The van der Waals surface area contributed by atoms with Gasteiger partial charge in [0.05, 0.1) is 17.2 Å². The molecule has 0 bridgehead atoms. The van der Waals surface area contributed by atoms with Gasteiger partial charge in [0, 0.05) is 56.8 Å². The molecule has 1 aromatic carbocycles. The van der Waals surface area contributed by atoms with Crippen LogP contribution in [0.15, 0.2) is 29.4 Å². The number of likely N-dealkylation sites (N-methyl/N-ethyl adjacent to an activating group) is 1. The maximum atomic E-state index is 14.8. The van der Waals surface area contributed by atoms with E-state index in [0.29, 0.717) is 12.2 Å². The molecule has 0 aliphatic carbocycles. The van der Waals surface area contributed by atoms with Crippen molar-refractivity contribution in [2.75, 3.05) is 50.7 Å². The molecule has 32 heavy (non-hydrogen) atoms. The van der Waals surface area contributed by atoms with Gasteiger partial charge in [-0.3, -0.25) is 0 Å². The fourth-order valence-electron chi connectivity index (χ4n) is 3.64. The molecule has 0 radical (unpaired) electrons. The van der Waals surface area contributed by atoms with E-state index in [1.165, 1.54) is 4.88 Å². The van der Waals surface area contributed by atoms with Crippen molar-refractivity contribution in [2.45, 2.75) is 40.2 Å². The zero-order valence-corrected chi connectivity index (χ0v) is 22.5. The zero-order chi connectivity index (χ0) is 22.1. The van der Waals surface area contributed by atoms with Crippen molar-refractivity contribution < 1.29 is 4.39 Å². The van der Waals surface area contributed by atoms with Crippen molar-refractivity contribution in [1.82, 2.24) is 20.5 Å². The first-order valence-corrected chi connectivity index (χ1v) is 12.2. The molecule has 178 valence electrons. The Labute approximate surface area is 212 Å². The molecule has 3 rings (SSSR count). The Morgan fingerprint density at radius 2 is 1.94 bits per heavy atom. The summed E-state index contributed by atoms with van der Waals surface area (Å²) in [5.74, 6) is 0.584. The van der Waals surface area contributed by atoms with Gasteiger partial charge in [0.15, 0.2) is 5.96 Å². The number of nitrogens with one attached hydrogen (secondary N) is 2. The van der Waals surface area contributed by atoms with Gasteiger partial charge in [0.25, 0.3) is 0 Å². The summed E-state index contributed by atoms with van der Waals surface area (Å²) in [6.45, 7) is 13.1. The van der Waals surface area contributed by atoms with Crippen LogP contribution in [0.4, 0.5) is 10.1 Å². The van der Waals surface area contributed by atoms with E-state index < -0.39 is 0 Å². The number of benzene rings is 1. The molecule has 0 spiro atoms. The van der Waals surface area contributed by atoms with Crippen molar-refractivity contribution in [2.24, 2.45) is 4.99 Å². The average Bonchev–Trinajstić information content (AvgIpc) is 3.26. The van der Waals surface area contributed by atoms with Gasteiger partial charge in [0.2, 0.25) is 0 Å². The number of aromatic nitrogens is 1. The maximum Gasteiger partial charge on any atom is 0.191 e. The van der Waals surface area contributed by atoms with Crippen LogP contribution in [0.2, 0.25) is 0 Å². The van der Waals surface area contributed by atoms with Crippen LogP contribution in [0.25, 0.3) is 0 Å². The van der Waals surface area contributed by atoms with E-state index in [2.05, 4.69) is 44.3 Å². The molecule has 2 aromatic rings. The molecule has 0 unspecified atom stereocenters. The van der Waals surface area contributed by atoms with E-state index in [1.54, 1.807) is 17.4 Å². The summed E-state index contributed by atoms with van der Waals surface area (Å²) in [7, 11) is 0. The van der Waals surface area contributed by atoms with Gasteiger partial charge in [-0.05, 0) is 37.6 Å². The van der Waals surface area contributed by atoms with Gasteiger partial charge in [-0.2, -0.15) is 0 Å². The molecule has 0 saturated carbocycles. The Morgan fingerprint density at radius 3 is 2.56 bits per heavy atom. The van der Waals surface area contributed by atoms with E-state index in [0.717, 1.165) is 75.2 Å². The Morgan fingerprint density at radius 1 is 1.16 bits per heavy atom. The highest BCUT2D eigenvalue weighted by molar-refractivity contribution is 14.0. The third kappa shape index (κ3) is 7.84. The summed E-state index contributed by atoms with van der Waals surface area (Å²) in [5.41, 5.74) is 1.57. The molecule has 1 aromatic heterocycles. The van der Waals surface area contributed by atoms with Crippen molar-refractivity contribution in [3.05, 3.63) is 45.7 Å². The van der Waals surface area contributed by atoms with Gasteiger partial charge in [0.1, 0.15) is 5.82 Å². The van der Waals surface area contributed by atoms with Crippen LogP contribution in [-0.4, -0.2) is 61.7 Å². The maximum absolute atomic E-state index is 14.8. The van der Waals surface area contributed by atoms with Crippen molar-refractivity contribution in [3.63, 3.8) is 0 Å². The molecule has 0 atom stereocenters. The first kappa shape index (κ1) is 26.8. The van der Waals surface area contributed by atoms with E-state index >= 15 is 0 Å². The number of hydrogen-bond acceptors (Lipinski definition) is 5. The SMILES string of the molecule is CCNC(=NCc1ccc(N2CCN(CC)CC2)c(F)c1)NCCc1ncc(CC)s1.I. The van der Waals surface area contributed by atoms with Gasteiger partial charge >= 0.3 is 0 Å². The molecule has 1 aliphatic heterocycles. The summed E-state index contributed by atoms with van der Waals surface area (Å²) in [6, 6.07) is 5.51. The second-order valence-electron chi connectivity index (χ2n) is 7.65. The minimum Gasteiger partial charge on any atom is -0.367 e. The first-order chi connectivity index (χ1) is 15.1. The monoisotopic (exact) mass is 574 g/mol. The Balaban J connectivity index is 0.00000363. The van der Waals surface area contributed by atoms with E-state index in [4.69, 9.17) is 0 Å². The topological polar surface area (TPSA) is 55.8 Å². The smallest absolute Gasteiger partial charge is 0.191 e. The Kier molecular flexibility index (Phi) is 11.7.